The second-order valence-electron chi connectivity index (χ2n) is 31.9. The number of hydrogen-bond acceptors (Lipinski definition) is 32. The molecule has 4 aliphatic rings. The van der Waals surface area contributed by atoms with Crippen molar-refractivity contribution in [2.24, 2.45) is 11.8 Å². The first-order chi connectivity index (χ1) is 59.2. The summed E-state index contributed by atoms with van der Waals surface area (Å²) in [5, 5.41) is 117. The SMILES string of the molecule is CC(=O)NC1C(OCCCCCC(=O)NCCCCCC(=O)N(CCO)CCOP(=O)(O)OCCN(CCOP(=O)(O)OCCN(CCOC2CCC2C(C)C)C(=O)CCCCCNC(=O)CCCCCOC2OC(CO)C(O)C(O)C2NC(C)=O)C(=O)CCCCCNC(=O)CCCCCOC2OC(CO)C(O)C(O)C2NC(C)=O)OC(CO)C(O)C1O. The summed E-state index contributed by atoms with van der Waals surface area (Å²) in [7, 11) is -9.73. The van der Waals surface area contributed by atoms with E-state index in [9.17, 15) is 113 Å². The number of rotatable bonds is 68. The van der Waals surface area contributed by atoms with E-state index in [-0.39, 0.29) is 146 Å². The van der Waals surface area contributed by atoms with Gasteiger partial charge in [0.2, 0.25) is 53.2 Å². The molecule has 1 aliphatic carbocycles. The Bertz CT molecular complexity index is 3190. The van der Waals surface area contributed by atoms with E-state index in [1.807, 2.05) is 0 Å². The number of carbonyl (C=O) groups is 9. The van der Waals surface area contributed by atoms with E-state index in [0.717, 1.165) is 12.8 Å². The molecule has 3 heterocycles. The molecule has 4 rings (SSSR count). The summed E-state index contributed by atoms with van der Waals surface area (Å²) in [6.45, 7) is 4.38. The molecule has 0 aromatic carbocycles. The first-order valence-corrected chi connectivity index (χ1v) is 46.8. The zero-order valence-electron chi connectivity index (χ0n) is 72.7. The first kappa shape index (κ1) is 111. The van der Waals surface area contributed by atoms with Crippen LogP contribution in [0.4, 0.5) is 0 Å². The lowest BCUT2D eigenvalue weighted by Crippen LogP contribution is -2.64. The Morgan fingerprint density at radius 3 is 0.911 bits per heavy atom. The monoisotopic (exact) mass is 1830 g/mol. The van der Waals surface area contributed by atoms with Crippen molar-refractivity contribution in [3.05, 3.63) is 0 Å². The number of hydrogen-bond donors (Lipinski definition) is 18. The molecule has 18 N–H and O–H groups in total. The summed E-state index contributed by atoms with van der Waals surface area (Å²) in [6, 6.07) is -3.21. The van der Waals surface area contributed by atoms with E-state index >= 15 is 0 Å². The van der Waals surface area contributed by atoms with Crippen LogP contribution < -0.4 is 31.9 Å². The number of nitrogens with zero attached hydrogens (tertiary/aromatic N) is 3. The predicted octanol–water partition coefficient (Wildman–Crippen LogP) is -1.23. The minimum Gasteiger partial charge on any atom is -0.395 e. The Hall–Kier alpha value is -5.23. The Morgan fingerprint density at radius 2 is 0.645 bits per heavy atom. The lowest BCUT2D eigenvalue weighted by molar-refractivity contribution is -0.270. The molecule has 0 bridgehead atoms. The van der Waals surface area contributed by atoms with Crippen LogP contribution in [0.15, 0.2) is 0 Å². The second kappa shape index (κ2) is 62.1. The molecule has 43 nitrogen and oxygen atoms in total. The van der Waals surface area contributed by atoms with Gasteiger partial charge in [0, 0.05) is 138 Å². The third kappa shape index (κ3) is 43.9. The summed E-state index contributed by atoms with van der Waals surface area (Å²) in [5.74, 6) is -2.37. The quantitative estimate of drug-likeness (QED) is 0.0251. The molecule has 0 aromatic heterocycles. The highest BCUT2D eigenvalue weighted by Gasteiger charge is 2.48. The van der Waals surface area contributed by atoms with Crippen LogP contribution in [0, 0.1) is 11.8 Å². The van der Waals surface area contributed by atoms with Gasteiger partial charge in [0.1, 0.15) is 73.1 Å². The molecule has 124 heavy (non-hydrogen) atoms. The summed E-state index contributed by atoms with van der Waals surface area (Å²) < 4.78 is 87.8. The van der Waals surface area contributed by atoms with E-state index in [1.165, 1.54) is 35.5 Å². The van der Waals surface area contributed by atoms with E-state index in [0.29, 0.717) is 141 Å². The van der Waals surface area contributed by atoms with E-state index in [4.69, 9.17) is 51.3 Å². The molecule has 4 fully saturated rings. The number of carbonyl (C=O) groups excluding carboxylic acids is 9. The molecule has 0 aromatic rings. The highest BCUT2D eigenvalue weighted by molar-refractivity contribution is 7.47. The third-order valence-corrected chi connectivity index (χ3v) is 23.6. The van der Waals surface area contributed by atoms with Crippen molar-refractivity contribution in [1.29, 1.82) is 0 Å². The number of phosphoric ester groups is 2. The van der Waals surface area contributed by atoms with Crippen LogP contribution in [0.3, 0.4) is 0 Å². The van der Waals surface area contributed by atoms with Gasteiger partial charge < -0.3 is 141 Å². The zero-order chi connectivity index (χ0) is 91.6. The highest BCUT2D eigenvalue weighted by Crippen LogP contribution is 2.44. The lowest BCUT2D eigenvalue weighted by Gasteiger charge is -2.42. The number of ether oxygens (including phenoxy) is 7. The van der Waals surface area contributed by atoms with Gasteiger partial charge in [-0.2, -0.15) is 0 Å². The average Bonchev–Trinajstić information content (AvgIpc) is 0.815. The third-order valence-electron chi connectivity index (χ3n) is 21.6. The number of nitrogens with one attached hydrogen (secondary N) is 6. The predicted molar refractivity (Wildman–Crippen MR) is 441 cm³/mol. The Kier molecular flexibility index (Phi) is 55.7. The van der Waals surface area contributed by atoms with Crippen molar-refractivity contribution in [1.82, 2.24) is 46.6 Å². The maximum atomic E-state index is 13.8. The Labute approximate surface area is 726 Å². The van der Waals surface area contributed by atoms with Crippen molar-refractivity contribution in [2.75, 3.05) is 138 Å². The normalized spacial score (nSPS) is 25.4. The fourth-order valence-electron chi connectivity index (χ4n) is 14.4. The molecule has 720 valence electrons. The minimum absolute atomic E-state index is 0.0258. The van der Waals surface area contributed by atoms with Crippen LogP contribution >= 0.6 is 15.6 Å². The molecule has 3 saturated heterocycles. The molecule has 9 amide bonds. The molecule has 3 aliphatic heterocycles. The fourth-order valence-corrected chi connectivity index (χ4v) is 15.8. The van der Waals surface area contributed by atoms with Gasteiger partial charge >= 0.3 is 15.6 Å². The van der Waals surface area contributed by atoms with Gasteiger partial charge in [0.05, 0.1) is 65.6 Å². The molecular formula is C79H145N9O34P2. The van der Waals surface area contributed by atoms with Gasteiger partial charge in [-0.1, -0.05) is 52.4 Å². The topological polar surface area (TPSA) is 614 Å². The summed E-state index contributed by atoms with van der Waals surface area (Å²) in [5.41, 5.74) is 0. The average molecular weight is 1830 g/mol. The fraction of sp³-hybridized carbons (Fsp3) is 0.886. The molecule has 19 atom stereocenters. The van der Waals surface area contributed by atoms with Gasteiger partial charge in [0.15, 0.2) is 18.9 Å². The largest absolute Gasteiger partial charge is 0.472 e. The molecule has 1 saturated carbocycles. The van der Waals surface area contributed by atoms with Crippen LogP contribution in [0.1, 0.15) is 202 Å². The Balaban J connectivity index is 1.23. The summed E-state index contributed by atoms with van der Waals surface area (Å²) in [6.07, 6.45) is -3.45. The van der Waals surface area contributed by atoms with Gasteiger partial charge in [-0.25, -0.2) is 9.13 Å². The van der Waals surface area contributed by atoms with Gasteiger partial charge in [0.25, 0.3) is 0 Å². The van der Waals surface area contributed by atoms with E-state index in [2.05, 4.69) is 45.7 Å². The number of aliphatic hydroxyl groups excluding tert-OH is 10. The van der Waals surface area contributed by atoms with Crippen LogP contribution in [0.5, 0.6) is 0 Å². The number of aliphatic hydroxyl groups is 10. The van der Waals surface area contributed by atoms with Crippen molar-refractivity contribution in [3.63, 3.8) is 0 Å². The van der Waals surface area contributed by atoms with Crippen LogP contribution in [-0.4, -0.2) is 365 Å². The highest BCUT2D eigenvalue weighted by atomic mass is 31.2. The summed E-state index contributed by atoms with van der Waals surface area (Å²) in [4.78, 5) is 139. The first-order valence-electron chi connectivity index (χ1n) is 43.8. The van der Waals surface area contributed by atoms with Gasteiger partial charge in [-0.15, -0.1) is 0 Å². The smallest absolute Gasteiger partial charge is 0.395 e. The van der Waals surface area contributed by atoms with Crippen molar-refractivity contribution in [3.8, 4) is 0 Å². The summed E-state index contributed by atoms with van der Waals surface area (Å²) >= 11 is 0. The number of amides is 9. The Morgan fingerprint density at radius 1 is 0.363 bits per heavy atom. The van der Waals surface area contributed by atoms with Gasteiger partial charge in [-0.05, 0) is 102 Å². The second-order valence-corrected chi connectivity index (χ2v) is 34.8. The molecule has 0 radical (unpaired) electrons. The number of phosphoric acid groups is 2. The van der Waals surface area contributed by atoms with Crippen LogP contribution in [0.2, 0.25) is 0 Å². The van der Waals surface area contributed by atoms with E-state index < -0.39 is 184 Å². The van der Waals surface area contributed by atoms with Crippen LogP contribution in [-0.2, 0) is 104 Å². The van der Waals surface area contributed by atoms with Gasteiger partial charge in [-0.3, -0.25) is 61.2 Å². The molecule has 45 heteroatoms. The van der Waals surface area contributed by atoms with Crippen molar-refractivity contribution < 1.29 is 164 Å². The van der Waals surface area contributed by atoms with Crippen molar-refractivity contribution in [2.45, 2.75) is 300 Å². The van der Waals surface area contributed by atoms with E-state index in [1.54, 1.807) is 0 Å². The minimum atomic E-state index is -4.86. The van der Waals surface area contributed by atoms with Crippen molar-refractivity contribution >= 4 is 68.8 Å². The molecule has 0 spiro atoms. The maximum absolute atomic E-state index is 13.8. The zero-order valence-corrected chi connectivity index (χ0v) is 74.5. The van der Waals surface area contributed by atoms with Crippen LogP contribution in [0.25, 0.3) is 0 Å². The maximum Gasteiger partial charge on any atom is 0.472 e. The molecule has 19 unspecified atom stereocenters. The number of unbranched alkanes of at least 4 members (excludes halogenated alkanes) is 12. The molecular weight excluding hydrogens is 1680 g/mol. The standard InChI is InChI=1S/C79H145N9O34P2/c1-53(2)57-30-31-58(57)112-45-36-87(66(100)28-16-7-19-33-81-63(97)25-13-10-22-43-114-78-69(84-55(4)94)75(106)72(103)60(51-91)121-78)38-47-117-124(110,111)119-49-40-88(67(101)29-17-8-20-34-82-64(98)26-14-11-23-44-115-79-70(85-56(5)95)76(107)73(104)61(52-92)122-79)39-48-118-123(108,109)116-46-37-86(35-41-89)65(99)27-15-6-18-32-80-62(96)24-12-9-21-42-113-77-68(83-54(3)93)74(105)71(102)59(50-90)120-77/h53,57-61,68-79,89-92,102-107H,6-52H2,1-5H3,(H,80,96)(H,81,97)(H,82,98)(H,83,93)(H,84,94)(H,85,95)(H,108,109)(H,110,111). The lowest BCUT2D eigenvalue weighted by atomic mass is 9.74.